The fraction of sp³-hybridized carbons (Fsp3) is 0.875. The van der Waals surface area contributed by atoms with Crippen LogP contribution < -0.4 is 5.32 Å². The highest BCUT2D eigenvalue weighted by molar-refractivity contribution is 5.97. The molecule has 0 radical (unpaired) electrons. The van der Waals surface area contributed by atoms with Gasteiger partial charge in [0.25, 0.3) is 0 Å². The van der Waals surface area contributed by atoms with Crippen molar-refractivity contribution < 1.29 is 9.59 Å². The molecule has 0 aromatic heterocycles. The van der Waals surface area contributed by atoms with E-state index >= 15 is 0 Å². The molecule has 1 aliphatic carbocycles. The second-order valence-corrected chi connectivity index (χ2v) is 6.93. The van der Waals surface area contributed by atoms with Crippen molar-refractivity contribution in [3.63, 3.8) is 0 Å². The van der Waals surface area contributed by atoms with Crippen LogP contribution >= 0.6 is 0 Å². The summed E-state index contributed by atoms with van der Waals surface area (Å²) in [7, 11) is 0. The third kappa shape index (κ3) is 2.99. The van der Waals surface area contributed by atoms with Crippen molar-refractivity contribution in [2.75, 3.05) is 0 Å². The molecule has 1 saturated carbocycles. The first-order valence-electron chi connectivity index (χ1n) is 8.06. The lowest BCUT2D eigenvalue weighted by molar-refractivity contribution is -0.152. The minimum atomic E-state index is -0.318. The summed E-state index contributed by atoms with van der Waals surface area (Å²) in [6.45, 7) is 8.41. The Kier molecular flexibility index (Phi) is 4.71. The van der Waals surface area contributed by atoms with Crippen LogP contribution in [0.5, 0.6) is 0 Å². The van der Waals surface area contributed by atoms with Crippen LogP contribution in [0, 0.1) is 11.8 Å². The van der Waals surface area contributed by atoms with Crippen LogP contribution in [-0.2, 0) is 9.59 Å². The molecule has 4 heteroatoms. The van der Waals surface area contributed by atoms with Gasteiger partial charge >= 0.3 is 0 Å². The molecule has 1 heterocycles. The molecule has 2 rings (SSSR count). The topological polar surface area (TPSA) is 49.4 Å². The van der Waals surface area contributed by atoms with E-state index in [9.17, 15) is 9.59 Å². The van der Waals surface area contributed by atoms with Gasteiger partial charge in [-0.1, -0.05) is 27.7 Å². The molecule has 0 spiro atoms. The molecule has 1 saturated heterocycles. The zero-order valence-electron chi connectivity index (χ0n) is 13.2. The van der Waals surface area contributed by atoms with Gasteiger partial charge in [-0.3, -0.25) is 9.59 Å². The normalized spacial score (nSPS) is 34.8. The number of carbonyl (C=O) groups excluding carboxylic acids is 2. The first-order valence-corrected chi connectivity index (χ1v) is 8.06. The first kappa shape index (κ1) is 15.3. The molecule has 0 bridgehead atoms. The smallest absolute Gasteiger partial charge is 0.246 e. The molecule has 114 valence electrons. The highest BCUT2D eigenvalue weighted by atomic mass is 16.2. The van der Waals surface area contributed by atoms with Gasteiger partial charge in [-0.25, -0.2) is 0 Å². The average molecular weight is 280 g/mol. The maximum Gasteiger partial charge on any atom is 0.246 e. The van der Waals surface area contributed by atoms with Crippen molar-refractivity contribution in [1.29, 1.82) is 0 Å². The quantitative estimate of drug-likeness (QED) is 0.859. The molecule has 2 aliphatic rings. The van der Waals surface area contributed by atoms with E-state index in [0.29, 0.717) is 18.3 Å². The van der Waals surface area contributed by atoms with Gasteiger partial charge in [-0.05, 0) is 43.9 Å². The van der Waals surface area contributed by atoms with E-state index in [1.165, 1.54) is 6.42 Å². The summed E-state index contributed by atoms with van der Waals surface area (Å²) in [6.07, 6.45) is 4.70. The number of nitrogens with zero attached hydrogens (tertiary/aromatic N) is 1. The first-order chi connectivity index (χ1) is 9.43. The predicted octanol–water partition coefficient (Wildman–Crippen LogP) is 2.33. The van der Waals surface area contributed by atoms with Crippen LogP contribution in [0.15, 0.2) is 0 Å². The number of rotatable bonds is 4. The summed E-state index contributed by atoms with van der Waals surface area (Å²) >= 11 is 0. The number of hydrogen-bond donors (Lipinski definition) is 1. The van der Waals surface area contributed by atoms with Crippen LogP contribution in [0.4, 0.5) is 0 Å². The molecule has 20 heavy (non-hydrogen) atoms. The summed E-state index contributed by atoms with van der Waals surface area (Å²) in [4.78, 5) is 27.0. The van der Waals surface area contributed by atoms with Gasteiger partial charge in [0.05, 0.1) is 0 Å². The van der Waals surface area contributed by atoms with Gasteiger partial charge in [0, 0.05) is 6.04 Å². The third-order valence-corrected chi connectivity index (χ3v) is 4.66. The minimum absolute atomic E-state index is 0.0392. The molecule has 4 nitrogen and oxygen atoms in total. The Morgan fingerprint density at radius 3 is 2.50 bits per heavy atom. The fourth-order valence-corrected chi connectivity index (χ4v) is 3.67. The molecular weight excluding hydrogens is 252 g/mol. The van der Waals surface area contributed by atoms with Gasteiger partial charge < -0.3 is 10.2 Å². The van der Waals surface area contributed by atoms with Crippen molar-refractivity contribution in [2.45, 2.75) is 77.9 Å². The molecule has 0 aromatic rings. The Bertz CT molecular complexity index is 381. The Morgan fingerprint density at radius 1 is 1.30 bits per heavy atom. The number of piperazine rings is 1. The third-order valence-electron chi connectivity index (χ3n) is 4.66. The molecule has 4 unspecified atom stereocenters. The largest absolute Gasteiger partial charge is 0.342 e. The zero-order chi connectivity index (χ0) is 14.9. The van der Waals surface area contributed by atoms with Crippen molar-refractivity contribution in [1.82, 2.24) is 10.2 Å². The van der Waals surface area contributed by atoms with Crippen LogP contribution in [0.3, 0.4) is 0 Å². The van der Waals surface area contributed by atoms with Crippen molar-refractivity contribution in [2.24, 2.45) is 11.8 Å². The minimum Gasteiger partial charge on any atom is -0.342 e. The van der Waals surface area contributed by atoms with Gasteiger partial charge in [0.2, 0.25) is 11.8 Å². The maximum atomic E-state index is 12.8. The Labute approximate surface area is 122 Å². The lowest BCUT2D eigenvalue weighted by Crippen LogP contribution is -2.65. The second kappa shape index (κ2) is 6.15. The Hall–Kier alpha value is -1.06. The highest BCUT2D eigenvalue weighted by Gasteiger charge is 2.44. The van der Waals surface area contributed by atoms with E-state index in [1.54, 1.807) is 0 Å². The Balaban J connectivity index is 2.18. The monoisotopic (exact) mass is 280 g/mol. The average Bonchev–Trinajstić information content (AvgIpc) is 2.78. The lowest BCUT2D eigenvalue weighted by atomic mass is 9.95. The molecule has 2 amide bonds. The van der Waals surface area contributed by atoms with Crippen LogP contribution in [-0.4, -0.2) is 34.8 Å². The van der Waals surface area contributed by atoms with E-state index < -0.39 is 0 Å². The van der Waals surface area contributed by atoms with E-state index in [4.69, 9.17) is 0 Å². The summed E-state index contributed by atoms with van der Waals surface area (Å²) in [5.74, 6) is 1.26. The molecule has 2 fully saturated rings. The van der Waals surface area contributed by atoms with Crippen LogP contribution in [0.1, 0.15) is 59.8 Å². The van der Waals surface area contributed by atoms with Gasteiger partial charge in [0.1, 0.15) is 12.1 Å². The number of amides is 2. The molecule has 4 atom stereocenters. The maximum absolute atomic E-state index is 12.8. The molecule has 1 N–H and O–H groups in total. The number of carbonyl (C=O) groups is 2. The lowest BCUT2D eigenvalue weighted by Gasteiger charge is -2.42. The SMILES string of the molecule is CCC1C(=O)NC(CC(C)C)C(=O)N1C1CCC(C)C1. The van der Waals surface area contributed by atoms with E-state index in [-0.39, 0.29) is 29.9 Å². The Morgan fingerprint density at radius 2 is 2.00 bits per heavy atom. The predicted molar refractivity (Wildman–Crippen MR) is 79.1 cm³/mol. The zero-order valence-corrected chi connectivity index (χ0v) is 13.2. The van der Waals surface area contributed by atoms with E-state index in [2.05, 4.69) is 26.1 Å². The van der Waals surface area contributed by atoms with Crippen molar-refractivity contribution in [3.8, 4) is 0 Å². The summed E-state index contributed by atoms with van der Waals surface area (Å²) in [6, 6.07) is -0.314. The van der Waals surface area contributed by atoms with Crippen molar-refractivity contribution >= 4 is 11.8 Å². The highest BCUT2D eigenvalue weighted by Crippen LogP contribution is 2.32. The summed E-state index contributed by atoms with van der Waals surface area (Å²) < 4.78 is 0. The van der Waals surface area contributed by atoms with Gasteiger partial charge in [-0.15, -0.1) is 0 Å². The van der Waals surface area contributed by atoms with Crippen molar-refractivity contribution in [3.05, 3.63) is 0 Å². The van der Waals surface area contributed by atoms with E-state index in [1.807, 2.05) is 11.8 Å². The van der Waals surface area contributed by atoms with Gasteiger partial charge in [-0.2, -0.15) is 0 Å². The molecular formula is C16H28N2O2. The molecule has 0 aromatic carbocycles. The number of hydrogen-bond acceptors (Lipinski definition) is 2. The number of nitrogens with one attached hydrogen (secondary N) is 1. The fourth-order valence-electron chi connectivity index (χ4n) is 3.67. The summed E-state index contributed by atoms with van der Waals surface area (Å²) in [5, 5.41) is 2.93. The van der Waals surface area contributed by atoms with E-state index in [0.717, 1.165) is 19.3 Å². The second-order valence-electron chi connectivity index (χ2n) is 6.93. The van der Waals surface area contributed by atoms with Crippen LogP contribution in [0.2, 0.25) is 0 Å². The standard InChI is InChI=1S/C16H28N2O2/c1-5-14-15(19)17-13(8-10(2)3)16(20)18(14)12-7-6-11(4)9-12/h10-14H,5-9H2,1-4H3,(H,17,19). The van der Waals surface area contributed by atoms with Crippen LogP contribution in [0.25, 0.3) is 0 Å². The summed E-state index contributed by atoms with van der Waals surface area (Å²) in [5.41, 5.74) is 0. The molecule has 1 aliphatic heterocycles. The van der Waals surface area contributed by atoms with Gasteiger partial charge in [0.15, 0.2) is 0 Å².